The minimum absolute atomic E-state index is 0.0343. The number of rotatable bonds is 8. The van der Waals surface area contributed by atoms with E-state index in [-0.39, 0.29) is 5.91 Å². The highest BCUT2D eigenvalue weighted by atomic mass is 16.4. The van der Waals surface area contributed by atoms with Crippen LogP contribution in [0.4, 0.5) is 0 Å². The van der Waals surface area contributed by atoms with Gasteiger partial charge in [-0.3, -0.25) is 14.4 Å². The molecule has 0 spiro atoms. The highest BCUT2D eigenvalue weighted by Gasteiger charge is 2.12. The van der Waals surface area contributed by atoms with Gasteiger partial charge in [0.2, 0.25) is 11.7 Å². The molecule has 0 aromatic rings. The van der Waals surface area contributed by atoms with E-state index in [0.29, 0.717) is 6.54 Å². The van der Waals surface area contributed by atoms with Crippen LogP contribution in [0.2, 0.25) is 0 Å². The van der Waals surface area contributed by atoms with Gasteiger partial charge in [0.1, 0.15) is 0 Å². The van der Waals surface area contributed by atoms with E-state index in [1.807, 2.05) is 0 Å². The molecule has 0 aliphatic rings. The van der Waals surface area contributed by atoms with Crippen LogP contribution in [-0.2, 0) is 19.2 Å². The molecule has 0 fully saturated rings. The number of aliphatic carboxylic acids is 2. The van der Waals surface area contributed by atoms with Gasteiger partial charge in [0.25, 0.3) is 0 Å². The SMILES string of the molecule is CC(=O)NCCCCN.O=C(O)CCC(=O)C(=O)O. The zero-order valence-electron chi connectivity index (χ0n) is 10.8. The number of nitrogens with one attached hydrogen (secondary N) is 1. The van der Waals surface area contributed by atoms with Crippen molar-refractivity contribution in [3.63, 3.8) is 0 Å². The number of hydrogen-bond donors (Lipinski definition) is 4. The van der Waals surface area contributed by atoms with E-state index in [9.17, 15) is 19.2 Å². The minimum atomic E-state index is -1.58. The quantitative estimate of drug-likeness (QED) is 0.340. The largest absolute Gasteiger partial charge is 0.481 e. The van der Waals surface area contributed by atoms with E-state index in [0.717, 1.165) is 19.4 Å². The molecule has 0 atom stereocenters. The van der Waals surface area contributed by atoms with Gasteiger partial charge >= 0.3 is 11.9 Å². The fourth-order valence-electron chi connectivity index (χ4n) is 0.861. The van der Waals surface area contributed by atoms with Crippen molar-refractivity contribution in [1.29, 1.82) is 0 Å². The summed E-state index contributed by atoms with van der Waals surface area (Å²) >= 11 is 0. The summed E-state index contributed by atoms with van der Waals surface area (Å²) in [5.41, 5.74) is 5.23. The smallest absolute Gasteiger partial charge is 0.372 e. The number of carboxylic acids is 2. The van der Waals surface area contributed by atoms with Gasteiger partial charge in [0, 0.05) is 19.9 Å². The summed E-state index contributed by atoms with van der Waals surface area (Å²) in [6.45, 7) is 2.98. The summed E-state index contributed by atoms with van der Waals surface area (Å²) in [5, 5.41) is 18.6. The predicted octanol–water partition coefficient (Wildman–Crippen LogP) is -0.634. The minimum Gasteiger partial charge on any atom is -0.481 e. The van der Waals surface area contributed by atoms with Gasteiger partial charge in [0.05, 0.1) is 6.42 Å². The van der Waals surface area contributed by atoms with Crippen LogP contribution in [0.15, 0.2) is 0 Å². The number of amides is 1. The van der Waals surface area contributed by atoms with Crippen molar-refractivity contribution in [3.8, 4) is 0 Å². The molecule has 0 unspecified atom stereocenters. The van der Waals surface area contributed by atoms with Crippen molar-refractivity contribution < 1.29 is 29.4 Å². The maximum atomic E-state index is 10.3. The second kappa shape index (κ2) is 12.5. The Hall–Kier alpha value is -1.96. The maximum Gasteiger partial charge on any atom is 0.372 e. The molecule has 8 nitrogen and oxygen atoms in total. The first kappa shape index (κ1) is 19.4. The Morgan fingerprint density at radius 3 is 2.00 bits per heavy atom. The van der Waals surface area contributed by atoms with Crippen molar-refractivity contribution in [2.45, 2.75) is 32.6 Å². The Labute approximate surface area is 111 Å². The molecule has 0 bridgehead atoms. The number of carbonyl (C=O) groups is 4. The lowest BCUT2D eigenvalue weighted by atomic mass is 10.2. The van der Waals surface area contributed by atoms with Gasteiger partial charge in [-0.1, -0.05) is 0 Å². The molecule has 110 valence electrons. The Bertz CT molecular complexity index is 316. The van der Waals surface area contributed by atoms with E-state index in [1.165, 1.54) is 6.92 Å². The van der Waals surface area contributed by atoms with Gasteiger partial charge in [0.15, 0.2) is 0 Å². The molecule has 0 saturated carbocycles. The highest BCUT2D eigenvalue weighted by Crippen LogP contribution is 1.90. The molecule has 5 N–H and O–H groups in total. The fourth-order valence-corrected chi connectivity index (χ4v) is 0.861. The standard InChI is InChI=1S/C6H14N2O.C5H6O5/c1-6(9)8-5-3-2-4-7;6-3(5(9)10)1-2-4(7)8/h2-5,7H2,1H3,(H,8,9);1-2H2,(H,7,8)(H,9,10). The molecule has 8 heteroatoms. The number of carbonyl (C=O) groups excluding carboxylic acids is 2. The number of Topliss-reactive ketones (excluding diaryl/α,β-unsaturated/α-hetero) is 1. The molecule has 0 heterocycles. The third-order valence-corrected chi connectivity index (χ3v) is 1.81. The van der Waals surface area contributed by atoms with Crippen molar-refractivity contribution in [1.82, 2.24) is 5.32 Å². The second-order valence-electron chi connectivity index (χ2n) is 3.60. The molecule has 19 heavy (non-hydrogen) atoms. The first-order valence-electron chi connectivity index (χ1n) is 5.73. The third-order valence-electron chi connectivity index (χ3n) is 1.81. The Morgan fingerprint density at radius 1 is 1.05 bits per heavy atom. The summed E-state index contributed by atoms with van der Waals surface area (Å²) in [6.07, 6.45) is 1.10. The molecule has 0 rings (SSSR count). The number of hydrogen-bond acceptors (Lipinski definition) is 5. The molecular weight excluding hydrogens is 256 g/mol. The number of unbranched alkanes of at least 4 members (excludes halogenated alkanes) is 1. The van der Waals surface area contributed by atoms with Gasteiger partial charge in [-0.25, -0.2) is 4.79 Å². The van der Waals surface area contributed by atoms with Crippen molar-refractivity contribution >= 4 is 23.6 Å². The van der Waals surface area contributed by atoms with Gasteiger partial charge < -0.3 is 21.3 Å². The molecule has 1 amide bonds. The topological polar surface area (TPSA) is 147 Å². The zero-order valence-corrected chi connectivity index (χ0v) is 10.8. The van der Waals surface area contributed by atoms with Crippen LogP contribution < -0.4 is 11.1 Å². The lowest BCUT2D eigenvalue weighted by Gasteiger charge is -1.98. The summed E-state index contributed by atoms with van der Waals surface area (Å²) in [7, 11) is 0. The predicted molar refractivity (Wildman–Crippen MR) is 66.5 cm³/mol. The fraction of sp³-hybridized carbons (Fsp3) is 0.636. The lowest BCUT2D eigenvalue weighted by Crippen LogP contribution is -2.21. The monoisotopic (exact) mass is 276 g/mol. The van der Waals surface area contributed by atoms with Crippen molar-refractivity contribution in [3.05, 3.63) is 0 Å². The summed E-state index contributed by atoms with van der Waals surface area (Å²) < 4.78 is 0. The van der Waals surface area contributed by atoms with Crippen LogP contribution in [0.3, 0.4) is 0 Å². The van der Waals surface area contributed by atoms with E-state index in [2.05, 4.69) is 5.32 Å². The highest BCUT2D eigenvalue weighted by molar-refractivity contribution is 6.32. The third kappa shape index (κ3) is 18.6. The molecule has 0 saturated heterocycles. The second-order valence-corrected chi connectivity index (χ2v) is 3.60. The molecule has 0 aliphatic heterocycles. The van der Waals surface area contributed by atoms with Crippen LogP contribution in [0.1, 0.15) is 32.6 Å². The van der Waals surface area contributed by atoms with E-state index in [1.54, 1.807) is 0 Å². The maximum absolute atomic E-state index is 10.3. The summed E-state index contributed by atoms with van der Waals surface area (Å²) in [5.74, 6) is -3.79. The molecule has 0 aliphatic carbocycles. The molecule has 0 aromatic heterocycles. The van der Waals surface area contributed by atoms with Gasteiger partial charge in [-0.2, -0.15) is 0 Å². The molecular formula is C11H20N2O6. The van der Waals surface area contributed by atoms with Gasteiger partial charge in [-0.05, 0) is 19.4 Å². The first-order valence-corrected chi connectivity index (χ1v) is 5.73. The van der Waals surface area contributed by atoms with Gasteiger partial charge in [-0.15, -0.1) is 0 Å². The van der Waals surface area contributed by atoms with Crippen molar-refractivity contribution in [2.24, 2.45) is 5.73 Å². The number of nitrogens with two attached hydrogens (primary N) is 1. The molecule has 0 aromatic carbocycles. The summed E-state index contributed by atoms with van der Waals surface area (Å²) in [4.78, 5) is 40.0. The Balaban J connectivity index is 0. The summed E-state index contributed by atoms with van der Waals surface area (Å²) in [6, 6.07) is 0. The van der Waals surface area contributed by atoms with Crippen LogP contribution >= 0.6 is 0 Å². The van der Waals surface area contributed by atoms with Crippen molar-refractivity contribution in [2.75, 3.05) is 13.1 Å². The van der Waals surface area contributed by atoms with Crippen LogP contribution in [0.5, 0.6) is 0 Å². The van der Waals surface area contributed by atoms with Crippen LogP contribution in [-0.4, -0.2) is 46.9 Å². The first-order chi connectivity index (χ1) is 8.81. The Morgan fingerprint density at radius 2 is 1.63 bits per heavy atom. The normalized spacial score (nSPS) is 8.95. The van der Waals surface area contributed by atoms with Crippen LogP contribution in [0.25, 0.3) is 0 Å². The lowest BCUT2D eigenvalue weighted by molar-refractivity contribution is -0.149. The van der Waals surface area contributed by atoms with E-state index >= 15 is 0 Å². The van der Waals surface area contributed by atoms with E-state index < -0.39 is 30.6 Å². The average molecular weight is 276 g/mol. The Kier molecular flexibility index (Phi) is 12.7. The van der Waals surface area contributed by atoms with E-state index in [4.69, 9.17) is 15.9 Å². The zero-order chi connectivity index (χ0) is 15.3. The number of ketones is 1. The van der Waals surface area contributed by atoms with Crippen LogP contribution in [0, 0.1) is 0 Å². The average Bonchev–Trinajstić information content (AvgIpc) is 2.32. The molecule has 0 radical (unpaired) electrons. The number of carboxylic acid groups (broad SMARTS) is 2.